The molecule has 0 amide bonds. The largest absolute Gasteiger partial charge is 0.534 e. The van der Waals surface area contributed by atoms with E-state index in [4.69, 9.17) is 0 Å². The number of hydrogen-bond acceptors (Lipinski definition) is 6. The fourth-order valence-electron chi connectivity index (χ4n) is 5.86. The minimum absolute atomic E-state index is 0.316. The molecule has 0 N–H and O–H groups in total. The van der Waals surface area contributed by atoms with Crippen LogP contribution >= 0.6 is 0 Å². The second-order valence-corrected chi connectivity index (χ2v) is 13.5. The van der Waals surface area contributed by atoms with Crippen LogP contribution in [-0.4, -0.2) is 27.9 Å². The molecule has 0 heterocycles. The lowest BCUT2D eigenvalue weighted by Crippen LogP contribution is -2.28. The Morgan fingerprint density at radius 2 is 1.09 bits per heavy atom. The molecular formula is C29H18F6O6S2. The van der Waals surface area contributed by atoms with Crippen LogP contribution in [-0.2, 0) is 25.7 Å². The molecular weight excluding hydrogens is 622 g/mol. The molecule has 0 saturated heterocycles. The van der Waals surface area contributed by atoms with Crippen LogP contribution in [0, 0.1) is 0 Å². The summed E-state index contributed by atoms with van der Waals surface area (Å²) in [4.78, 5) is 0. The first-order chi connectivity index (χ1) is 19.8. The summed E-state index contributed by atoms with van der Waals surface area (Å²) in [5.74, 6) is -1.20. The van der Waals surface area contributed by atoms with Gasteiger partial charge in [0.2, 0.25) is 0 Å². The molecule has 14 heteroatoms. The molecule has 0 radical (unpaired) electrons. The van der Waals surface area contributed by atoms with Crippen molar-refractivity contribution in [3.8, 4) is 22.6 Å². The molecule has 1 aliphatic rings. The third kappa shape index (κ3) is 4.37. The maximum Gasteiger partial charge on any atom is 0.534 e. The van der Waals surface area contributed by atoms with E-state index >= 15 is 0 Å². The molecule has 1 aliphatic carbocycles. The summed E-state index contributed by atoms with van der Waals surface area (Å²) in [5, 5.41) is 3.15. The Balaban J connectivity index is 1.71. The predicted octanol–water partition coefficient (Wildman–Crippen LogP) is 7.91. The van der Waals surface area contributed by atoms with E-state index in [0.29, 0.717) is 38.2 Å². The lowest BCUT2D eigenvalue weighted by atomic mass is 9.78. The first-order valence-electron chi connectivity index (χ1n) is 12.4. The highest BCUT2D eigenvalue weighted by atomic mass is 32.2. The highest BCUT2D eigenvalue weighted by Gasteiger charge is 2.49. The van der Waals surface area contributed by atoms with Gasteiger partial charge in [0.05, 0.1) is 0 Å². The van der Waals surface area contributed by atoms with Crippen molar-refractivity contribution in [2.45, 2.75) is 30.3 Å². The van der Waals surface area contributed by atoms with Gasteiger partial charge in [0.1, 0.15) is 11.5 Å². The molecule has 0 unspecified atom stereocenters. The van der Waals surface area contributed by atoms with E-state index in [1.54, 1.807) is 6.07 Å². The van der Waals surface area contributed by atoms with Gasteiger partial charge in [0.15, 0.2) is 0 Å². The first kappa shape index (κ1) is 29.1. The number of fused-ring (bicyclic) bond motifs is 10. The third-order valence-electron chi connectivity index (χ3n) is 7.49. The van der Waals surface area contributed by atoms with E-state index in [2.05, 4.69) is 8.37 Å². The average Bonchev–Trinajstić information content (AvgIpc) is 3.14. The van der Waals surface area contributed by atoms with Crippen LogP contribution in [0.1, 0.15) is 25.0 Å². The molecule has 0 fully saturated rings. The summed E-state index contributed by atoms with van der Waals surface area (Å²) in [6.07, 6.45) is 0. The second-order valence-electron chi connectivity index (χ2n) is 10.5. The van der Waals surface area contributed by atoms with Crippen LogP contribution in [0.5, 0.6) is 11.5 Å². The van der Waals surface area contributed by atoms with E-state index in [1.165, 1.54) is 18.2 Å². The van der Waals surface area contributed by atoms with Crippen LogP contribution in [0.25, 0.3) is 43.4 Å². The molecule has 0 aromatic heterocycles. The SMILES string of the molecule is CC1(C)c2c(ccc3ccccc23)-c2c1c1cc(OS(=O)(=O)C(F)(F)F)ccc1c1ccc(OS(=O)(=O)C(F)(F)F)cc21. The highest BCUT2D eigenvalue weighted by Crippen LogP contribution is 2.57. The fourth-order valence-corrected chi connectivity index (χ4v) is 6.76. The molecule has 0 aliphatic heterocycles. The summed E-state index contributed by atoms with van der Waals surface area (Å²) in [7, 11) is -12.0. The van der Waals surface area contributed by atoms with Gasteiger partial charge in [-0.1, -0.05) is 56.3 Å². The summed E-state index contributed by atoms with van der Waals surface area (Å²) < 4.78 is 135. The van der Waals surface area contributed by atoms with Crippen molar-refractivity contribution in [2.24, 2.45) is 0 Å². The van der Waals surface area contributed by atoms with Crippen LogP contribution in [0.2, 0.25) is 0 Å². The van der Waals surface area contributed by atoms with Crippen molar-refractivity contribution in [3.63, 3.8) is 0 Å². The summed E-state index contributed by atoms with van der Waals surface area (Å²) in [6, 6.07) is 18.1. The van der Waals surface area contributed by atoms with Gasteiger partial charge in [0, 0.05) is 5.41 Å². The topological polar surface area (TPSA) is 86.7 Å². The van der Waals surface area contributed by atoms with Gasteiger partial charge in [-0.3, -0.25) is 0 Å². The first-order valence-corrected chi connectivity index (χ1v) is 15.2. The maximum atomic E-state index is 13.1. The van der Waals surface area contributed by atoms with Crippen molar-refractivity contribution in [2.75, 3.05) is 0 Å². The number of alkyl halides is 6. The van der Waals surface area contributed by atoms with Crippen LogP contribution in [0.15, 0.2) is 72.8 Å². The van der Waals surface area contributed by atoms with E-state index < -0.39 is 48.2 Å². The molecule has 0 bridgehead atoms. The number of hydrogen-bond donors (Lipinski definition) is 0. The normalized spacial score (nSPS) is 15.1. The van der Waals surface area contributed by atoms with E-state index in [-0.39, 0.29) is 0 Å². The fraction of sp³-hybridized carbons (Fsp3) is 0.172. The van der Waals surface area contributed by atoms with Gasteiger partial charge < -0.3 is 8.37 Å². The van der Waals surface area contributed by atoms with Crippen LogP contribution in [0.4, 0.5) is 26.3 Å². The van der Waals surface area contributed by atoms with E-state index in [0.717, 1.165) is 34.5 Å². The van der Waals surface area contributed by atoms with Crippen molar-refractivity contribution in [3.05, 3.63) is 83.9 Å². The predicted molar refractivity (Wildman–Crippen MR) is 148 cm³/mol. The Bertz CT molecular complexity index is 2220. The molecule has 0 spiro atoms. The Morgan fingerprint density at radius 3 is 1.65 bits per heavy atom. The molecule has 224 valence electrons. The average molecular weight is 641 g/mol. The zero-order valence-electron chi connectivity index (χ0n) is 22.0. The van der Waals surface area contributed by atoms with Gasteiger partial charge in [-0.15, -0.1) is 0 Å². The Hall–Kier alpha value is -4.04. The van der Waals surface area contributed by atoms with Crippen molar-refractivity contribution in [1.82, 2.24) is 0 Å². The highest BCUT2D eigenvalue weighted by molar-refractivity contribution is 7.88. The van der Waals surface area contributed by atoms with Gasteiger partial charge in [-0.2, -0.15) is 43.2 Å². The second kappa shape index (κ2) is 8.99. The summed E-state index contributed by atoms with van der Waals surface area (Å²) >= 11 is 0. The monoisotopic (exact) mass is 640 g/mol. The zero-order valence-corrected chi connectivity index (χ0v) is 23.6. The Kier molecular flexibility index (Phi) is 6.07. The van der Waals surface area contributed by atoms with Crippen molar-refractivity contribution >= 4 is 52.6 Å². The van der Waals surface area contributed by atoms with Gasteiger partial charge in [-0.25, -0.2) is 0 Å². The zero-order chi connectivity index (χ0) is 31.3. The molecule has 43 heavy (non-hydrogen) atoms. The van der Waals surface area contributed by atoms with Gasteiger partial charge in [-0.05, 0) is 84.9 Å². The lowest BCUT2D eigenvalue weighted by Gasteiger charge is -2.25. The molecule has 6 nitrogen and oxygen atoms in total. The van der Waals surface area contributed by atoms with E-state index in [9.17, 15) is 43.2 Å². The molecule has 5 aromatic rings. The van der Waals surface area contributed by atoms with Crippen molar-refractivity contribution in [1.29, 1.82) is 0 Å². The smallest absolute Gasteiger partial charge is 0.376 e. The number of benzene rings is 5. The third-order valence-corrected chi connectivity index (χ3v) is 9.45. The summed E-state index contributed by atoms with van der Waals surface area (Å²) in [6.45, 7) is 3.70. The minimum atomic E-state index is -5.99. The van der Waals surface area contributed by atoms with Crippen LogP contribution < -0.4 is 8.37 Å². The number of rotatable bonds is 4. The van der Waals surface area contributed by atoms with Crippen molar-refractivity contribution < 1.29 is 51.5 Å². The van der Waals surface area contributed by atoms with Gasteiger partial charge in [0.25, 0.3) is 0 Å². The summed E-state index contributed by atoms with van der Waals surface area (Å²) in [5.41, 5.74) is -9.78. The Labute approximate surface area is 240 Å². The molecule has 6 rings (SSSR count). The molecule has 5 aromatic carbocycles. The maximum absolute atomic E-state index is 13.1. The quantitative estimate of drug-likeness (QED) is 0.0859. The number of halogens is 6. The molecule has 0 atom stereocenters. The molecule has 0 saturated carbocycles. The van der Waals surface area contributed by atoms with E-state index in [1.807, 2.05) is 44.2 Å². The Morgan fingerprint density at radius 1 is 0.581 bits per heavy atom. The van der Waals surface area contributed by atoms with Gasteiger partial charge >= 0.3 is 31.3 Å². The standard InChI is InChI=1S/C29H18F6O6S2/c1-27(2)25-18-6-4-3-5-15(18)7-10-21(25)24-22-13-16(40-42(36,37)28(30,31)32)8-11-19(22)20-12-9-17(14-23(20)26(24)27)41-43(38,39)29(33,34)35/h3-14H,1-2H3. The lowest BCUT2D eigenvalue weighted by molar-refractivity contribution is -0.0504. The minimum Gasteiger partial charge on any atom is -0.376 e. The van der Waals surface area contributed by atoms with Crippen LogP contribution in [0.3, 0.4) is 0 Å².